The second kappa shape index (κ2) is 4.07. The van der Waals surface area contributed by atoms with Crippen LogP contribution < -0.4 is 5.73 Å². The number of nitrogens with zero attached hydrogens (tertiary/aromatic N) is 1. The molecule has 0 bridgehead atoms. The normalized spacial score (nSPS) is 10.7. The molecule has 1 heterocycles. The summed E-state index contributed by atoms with van der Waals surface area (Å²) in [5, 5.41) is 1.16. The van der Waals surface area contributed by atoms with Crippen LogP contribution in [0.2, 0.25) is 0 Å². The van der Waals surface area contributed by atoms with Gasteiger partial charge in [0.2, 0.25) is 0 Å². The van der Waals surface area contributed by atoms with Crippen molar-refractivity contribution in [3.8, 4) is 0 Å². The third-order valence-corrected chi connectivity index (χ3v) is 2.63. The number of fused-ring (bicyclic) bond motifs is 1. The Kier molecular flexibility index (Phi) is 2.79. The highest BCUT2D eigenvalue weighted by molar-refractivity contribution is 9.10. The summed E-state index contributed by atoms with van der Waals surface area (Å²) in [6.45, 7) is 0.668. The van der Waals surface area contributed by atoms with E-state index in [0.717, 1.165) is 21.8 Å². The van der Waals surface area contributed by atoms with Gasteiger partial charge in [-0.25, -0.2) is 0 Å². The van der Waals surface area contributed by atoms with Crippen molar-refractivity contribution in [2.45, 2.75) is 6.42 Å². The van der Waals surface area contributed by atoms with Crippen LogP contribution in [0.3, 0.4) is 0 Å². The molecule has 2 nitrogen and oxygen atoms in total. The van der Waals surface area contributed by atoms with E-state index in [1.165, 1.54) is 5.56 Å². The van der Waals surface area contributed by atoms with Crippen LogP contribution in [0.5, 0.6) is 0 Å². The molecule has 2 aromatic rings. The molecule has 3 heteroatoms. The first-order valence-electron chi connectivity index (χ1n) is 4.54. The summed E-state index contributed by atoms with van der Waals surface area (Å²) in [6.07, 6.45) is 2.78. The molecule has 0 fully saturated rings. The van der Waals surface area contributed by atoms with Gasteiger partial charge in [0.1, 0.15) is 0 Å². The van der Waals surface area contributed by atoms with Gasteiger partial charge in [-0.05, 0) is 42.8 Å². The van der Waals surface area contributed by atoms with E-state index in [0.29, 0.717) is 6.54 Å². The average molecular weight is 251 g/mol. The molecular formula is C11H11BrN2. The second-order valence-corrected chi connectivity index (χ2v) is 4.13. The molecule has 1 aromatic heterocycles. The topological polar surface area (TPSA) is 38.9 Å². The number of pyridine rings is 1. The van der Waals surface area contributed by atoms with Crippen LogP contribution in [0, 0.1) is 0 Å². The minimum absolute atomic E-state index is 0.668. The maximum atomic E-state index is 5.50. The zero-order valence-electron chi connectivity index (χ0n) is 7.70. The standard InChI is InChI=1S/C11H11BrN2/c12-10-1-2-11-9(6-10)5-8(3-4-13)7-14-11/h1-2,5-7H,3-4,13H2. The van der Waals surface area contributed by atoms with Crippen LogP contribution in [-0.4, -0.2) is 11.5 Å². The van der Waals surface area contributed by atoms with Gasteiger partial charge in [0.05, 0.1) is 5.52 Å². The molecule has 0 saturated heterocycles. The first kappa shape index (κ1) is 9.62. The smallest absolute Gasteiger partial charge is 0.0702 e. The molecule has 0 atom stereocenters. The number of nitrogens with two attached hydrogens (primary N) is 1. The summed E-state index contributed by atoms with van der Waals surface area (Å²) in [5.74, 6) is 0. The van der Waals surface area contributed by atoms with Gasteiger partial charge in [-0.1, -0.05) is 15.9 Å². The summed E-state index contributed by atoms with van der Waals surface area (Å²) in [4.78, 5) is 4.36. The molecule has 0 unspecified atom stereocenters. The number of benzene rings is 1. The fourth-order valence-electron chi connectivity index (χ4n) is 1.45. The van der Waals surface area contributed by atoms with Crippen molar-refractivity contribution in [3.63, 3.8) is 0 Å². The molecule has 0 radical (unpaired) electrons. The highest BCUT2D eigenvalue weighted by Crippen LogP contribution is 2.18. The van der Waals surface area contributed by atoms with Crippen LogP contribution in [0.25, 0.3) is 10.9 Å². The van der Waals surface area contributed by atoms with Crippen molar-refractivity contribution in [2.24, 2.45) is 5.73 Å². The predicted molar refractivity (Wildman–Crippen MR) is 62.2 cm³/mol. The monoisotopic (exact) mass is 250 g/mol. The molecule has 0 aliphatic carbocycles. The van der Waals surface area contributed by atoms with E-state index < -0.39 is 0 Å². The van der Waals surface area contributed by atoms with Crippen molar-refractivity contribution in [1.82, 2.24) is 4.98 Å². The Labute approximate surface area is 91.3 Å². The lowest BCUT2D eigenvalue weighted by Gasteiger charge is -2.01. The van der Waals surface area contributed by atoms with Crippen molar-refractivity contribution in [1.29, 1.82) is 0 Å². The molecule has 0 spiro atoms. The lowest BCUT2D eigenvalue weighted by molar-refractivity contribution is 0.963. The molecule has 0 aliphatic heterocycles. The Morgan fingerprint density at radius 2 is 2.14 bits per heavy atom. The predicted octanol–water partition coefficient (Wildman–Crippen LogP) is 2.50. The van der Waals surface area contributed by atoms with Crippen molar-refractivity contribution < 1.29 is 0 Å². The van der Waals surface area contributed by atoms with Crippen LogP contribution >= 0.6 is 15.9 Å². The van der Waals surface area contributed by atoms with E-state index in [1.807, 2.05) is 18.3 Å². The van der Waals surface area contributed by atoms with E-state index in [1.54, 1.807) is 0 Å². The van der Waals surface area contributed by atoms with Crippen LogP contribution in [-0.2, 0) is 6.42 Å². The summed E-state index contributed by atoms with van der Waals surface area (Å²) in [5.41, 5.74) is 7.71. The third kappa shape index (κ3) is 1.94. The Hall–Kier alpha value is -0.930. The van der Waals surface area contributed by atoms with Gasteiger partial charge in [0, 0.05) is 16.1 Å². The molecule has 1 aromatic carbocycles. The maximum Gasteiger partial charge on any atom is 0.0702 e. The summed E-state index contributed by atoms with van der Waals surface area (Å²) < 4.78 is 1.08. The van der Waals surface area contributed by atoms with Gasteiger partial charge in [-0.15, -0.1) is 0 Å². The first-order valence-corrected chi connectivity index (χ1v) is 5.33. The summed E-state index contributed by atoms with van der Waals surface area (Å²) in [6, 6.07) is 8.21. The number of hydrogen-bond donors (Lipinski definition) is 1. The largest absolute Gasteiger partial charge is 0.330 e. The zero-order chi connectivity index (χ0) is 9.97. The molecule has 0 amide bonds. The number of hydrogen-bond acceptors (Lipinski definition) is 2. The van der Waals surface area contributed by atoms with Crippen molar-refractivity contribution in [3.05, 3.63) is 40.5 Å². The van der Waals surface area contributed by atoms with E-state index in [-0.39, 0.29) is 0 Å². The average Bonchev–Trinajstić information content (AvgIpc) is 2.17. The van der Waals surface area contributed by atoms with E-state index in [4.69, 9.17) is 5.73 Å². The minimum Gasteiger partial charge on any atom is -0.330 e. The van der Waals surface area contributed by atoms with E-state index in [9.17, 15) is 0 Å². The van der Waals surface area contributed by atoms with E-state index >= 15 is 0 Å². The summed E-state index contributed by atoms with van der Waals surface area (Å²) in [7, 11) is 0. The molecule has 14 heavy (non-hydrogen) atoms. The van der Waals surface area contributed by atoms with Gasteiger partial charge in [-0.3, -0.25) is 4.98 Å². The Balaban J connectivity index is 2.52. The van der Waals surface area contributed by atoms with Crippen LogP contribution in [0.15, 0.2) is 34.9 Å². The lowest BCUT2D eigenvalue weighted by Crippen LogP contribution is -2.02. The van der Waals surface area contributed by atoms with Gasteiger partial charge < -0.3 is 5.73 Å². The third-order valence-electron chi connectivity index (χ3n) is 2.13. The highest BCUT2D eigenvalue weighted by atomic mass is 79.9. The van der Waals surface area contributed by atoms with Gasteiger partial charge in [0.25, 0.3) is 0 Å². The van der Waals surface area contributed by atoms with Crippen LogP contribution in [0.1, 0.15) is 5.56 Å². The number of rotatable bonds is 2. The van der Waals surface area contributed by atoms with Crippen molar-refractivity contribution in [2.75, 3.05) is 6.54 Å². The molecule has 72 valence electrons. The van der Waals surface area contributed by atoms with Gasteiger partial charge in [0.15, 0.2) is 0 Å². The maximum absolute atomic E-state index is 5.50. The number of aromatic nitrogens is 1. The molecule has 0 saturated carbocycles. The Morgan fingerprint density at radius 3 is 2.93 bits per heavy atom. The molecule has 2 N–H and O–H groups in total. The Morgan fingerprint density at radius 1 is 1.29 bits per heavy atom. The second-order valence-electron chi connectivity index (χ2n) is 3.22. The SMILES string of the molecule is NCCc1cnc2ccc(Br)cc2c1. The summed E-state index contributed by atoms with van der Waals surface area (Å²) >= 11 is 3.44. The lowest BCUT2D eigenvalue weighted by atomic mass is 10.1. The molecule has 0 aliphatic rings. The van der Waals surface area contributed by atoms with Gasteiger partial charge >= 0.3 is 0 Å². The first-order chi connectivity index (χ1) is 6.79. The van der Waals surface area contributed by atoms with Crippen LogP contribution in [0.4, 0.5) is 0 Å². The fraction of sp³-hybridized carbons (Fsp3) is 0.182. The Bertz CT molecular complexity index is 454. The molecule has 2 rings (SSSR count). The van der Waals surface area contributed by atoms with Crippen molar-refractivity contribution >= 4 is 26.8 Å². The van der Waals surface area contributed by atoms with Gasteiger partial charge in [-0.2, -0.15) is 0 Å². The minimum atomic E-state index is 0.668. The number of halogens is 1. The highest BCUT2D eigenvalue weighted by Gasteiger charge is 1.97. The molecular weight excluding hydrogens is 240 g/mol. The fourth-order valence-corrected chi connectivity index (χ4v) is 1.83. The zero-order valence-corrected chi connectivity index (χ0v) is 9.29. The quantitative estimate of drug-likeness (QED) is 0.890. The van der Waals surface area contributed by atoms with E-state index in [2.05, 4.69) is 33.0 Å².